The summed E-state index contributed by atoms with van der Waals surface area (Å²) in [6, 6.07) is -0.267. The fourth-order valence-electron chi connectivity index (χ4n) is 3.57. The molecule has 2 fully saturated rings. The van der Waals surface area contributed by atoms with E-state index in [-0.39, 0.29) is 35.0 Å². The fourth-order valence-corrected chi connectivity index (χ4v) is 5.01. The Labute approximate surface area is 132 Å². The van der Waals surface area contributed by atoms with Gasteiger partial charge in [0, 0.05) is 22.5 Å². The summed E-state index contributed by atoms with van der Waals surface area (Å²) in [6.45, 7) is 3.96. The Kier molecular flexibility index (Phi) is 3.96. The molecule has 3 heterocycles. The minimum atomic E-state index is -1.10. The van der Waals surface area contributed by atoms with E-state index in [1.165, 1.54) is 16.7 Å². The number of nitrogens with two attached hydrogens (primary N) is 1. The average molecular weight is 328 g/mol. The lowest BCUT2D eigenvalue weighted by Crippen LogP contribution is -2.63. The molecule has 3 aliphatic heterocycles. The molecule has 122 valence electrons. The normalized spacial score (nSPS) is 39.0. The second-order valence-electron chi connectivity index (χ2n) is 6.12. The van der Waals surface area contributed by atoms with Gasteiger partial charge in [-0.15, -0.1) is 11.8 Å². The van der Waals surface area contributed by atoms with Gasteiger partial charge in [-0.2, -0.15) is 0 Å². The summed E-state index contributed by atoms with van der Waals surface area (Å²) in [4.78, 5) is 25.8. The van der Waals surface area contributed by atoms with Crippen molar-refractivity contribution in [3.05, 3.63) is 10.6 Å². The molecule has 3 aliphatic rings. The Hall–Kier alpha value is -1.09. The number of carbonyl (C=O) groups is 2. The molecule has 2 saturated heterocycles. The van der Waals surface area contributed by atoms with Crippen molar-refractivity contribution >= 4 is 23.6 Å². The number of amides is 1. The SMILES string of the molecule is C[C@@H](O)[C@H]1C(=O)N2C(C(=O)O)=C(S[C@H]3CO[C@H](N)C3)[C@H](C)[C@H]12. The Balaban J connectivity index is 1.87. The van der Waals surface area contributed by atoms with E-state index in [0.29, 0.717) is 17.9 Å². The predicted molar refractivity (Wildman–Crippen MR) is 79.6 cm³/mol. The minimum Gasteiger partial charge on any atom is -0.477 e. The molecule has 0 saturated carbocycles. The molecule has 0 bridgehead atoms. The number of aliphatic hydroxyl groups is 1. The van der Waals surface area contributed by atoms with E-state index in [0.717, 1.165) is 0 Å². The molecule has 0 spiro atoms. The molecule has 0 radical (unpaired) electrons. The highest BCUT2D eigenvalue weighted by Crippen LogP contribution is 2.51. The third-order valence-corrected chi connectivity index (χ3v) is 6.08. The number of hydrogen-bond acceptors (Lipinski definition) is 6. The van der Waals surface area contributed by atoms with Gasteiger partial charge in [-0.05, 0) is 6.92 Å². The van der Waals surface area contributed by atoms with Gasteiger partial charge < -0.3 is 25.6 Å². The Morgan fingerprint density at radius 3 is 2.73 bits per heavy atom. The van der Waals surface area contributed by atoms with Gasteiger partial charge in [0.2, 0.25) is 5.91 Å². The van der Waals surface area contributed by atoms with Crippen molar-refractivity contribution in [3.8, 4) is 0 Å². The van der Waals surface area contributed by atoms with Gasteiger partial charge >= 0.3 is 5.97 Å². The summed E-state index contributed by atoms with van der Waals surface area (Å²) in [5, 5.41) is 19.4. The second-order valence-corrected chi connectivity index (χ2v) is 7.46. The van der Waals surface area contributed by atoms with Crippen LogP contribution in [0.25, 0.3) is 0 Å². The van der Waals surface area contributed by atoms with E-state index in [2.05, 4.69) is 0 Å². The summed E-state index contributed by atoms with van der Waals surface area (Å²) in [7, 11) is 0. The van der Waals surface area contributed by atoms with Crippen LogP contribution in [0, 0.1) is 11.8 Å². The number of carboxylic acids is 1. The molecule has 0 aromatic rings. The molecular formula is C14H20N2O5S. The van der Waals surface area contributed by atoms with E-state index < -0.39 is 18.0 Å². The number of rotatable bonds is 4. The number of hydrogen-bond donors (Lipinski definition) is 3. The first-order chi connectivity index (χ1) is 10.3. The largest absolute Gasteiger partial charge is 0.477 e. The molecule has 0 unspecified atom stereocenters. The lowest BCUT2D eigenvalue weighted by atomic mass is 9.79. The predicted octanol–water partition coefficient (Wildman–Crippen LogP) is -0.0530. The number of β-lactam (4-membered cyclic amide) rings is 1. The van der Waals surface area contributed by atoms with E-state index in [1.54, 1.807) is 6.92 Å². The van der Waals surface area contributed by atoms with Crippen LogP contribution in [0.15, 0.2) is 10.6 Å². The number of nitrogens with zero attached hydrogens (tertiary/aromatic N) is 1. The van der Waals surface area contributed by atoms with E-state index in [4.69, 9.17) is 10.5 Å². The van der Waals surface area contributed by atoms with Crippen molar-refractivity contribution in [2.24, 2.45) is 17.6 Å². The van der Waals surface area contributed by atoms with Crippen molar-refractivity contribution in [2.45, 2.75) is 43.9 Å². The van der Waals surface area contributed by atoms with Crippen LogP contribution in [-0.2, 0) is 14.3 Å². The van der Waals surface area contributed by atoms with E-state index >= 15 is 0 Å². The van der Waals surface area contributed by atoms with Gasteiger partial charge in [0.1, 0.15) is 11.9 Å². The highest BCUT2D eigenvalue weighted by molar-refractivity contribution is 8.03. The van der Waals surface area contributed by atoms with Crippen molar-refractivity contribution in [1.82, 2.24) is 4.90 Å². The fraction of sp³-hybridized carbons (Fsp3) is 0.714. The minimum absolute atomic E-state index is 0.0601. The van der Waals surface area contributed by atoms with Gasteiger partial charge in [0.05, 0.1) is 24.7 Å². The first kappa shape index (κ1) is 15.8. The van der Waals surface area contributed by atoms with Crippen LogP contribution in [0.2, 0.25) is 0 Å². The van der Waals surface area contributed by atoms with Gasteiger partial charge in [-0.3, -0.25) is 4.79 Å². The molecule has 22 heavy (non-hydrogen) atoms. The first-order valence-electron chi connectivity index (χ1n) is 7.35. The maximum atomic E-state index is 12.2. The lowest BCUT2D eigenvalue weighted by Gasteiger charge is -2.46. The number of thioether (sulfide) groups is 1. The van der Waals surface area contributed by atoms with Crippen molar-refractivity contribution in [3.63, 3.8) is 0 Å². The quantitative estimate of drug-likeness (QED) is 0.620. The van der Waals surface area contributed by atoms with Crippen LogP contribution in [0.4, 0.5) is 0 Å². The molecule has 0 aromatic heterocycles. The van der Waals surface area contributed by atoms with Gasteiger partial charge in [-0.25, -0.2) is 4.79 Å². The molecule has 4 N–H and O–H groups in total. The third kappa shape index (κ3) is 2.25. The number of ether oxygens (including phenoxy) is 1. The smallest absolute Gasteiger partial charge is 0.353 e. The zero-order valence-corrected chi connectivity index (χ0v) is 13.2. The van der Waals surface area contributed by atoms with E-state index in [1.807, 2.05) is 6.92 Å². The van der Waals surface area contributed by atoms with Crippen LogP contribution >= 0.6 is 11.8 Å². The van der Waals surface area contributed by atoms with Gasteiger partial charge in [0.15, 0.2) is 0 Å². The molecular weight excluding hydrogens is 308 g/mol. The molecule has 3 rings (SSSR count). The highest BCUT2D eigenvalue weighted by Gasteiger charge is 2.60. The standard InChI is InChI=1S/C14H20N2O5S/c1-5-10-9(6(2)17)13(18)16(10)11(14(19)20)12(5)22-7-3-8(15)21-4-7/h5-10,17H,3-4,15H2,1-2H3,(H,19,20)/t5-,6-,7-,8+,9-,10-/m1/s1. The Morgan fingerprint density at radius 2 is 2.23 bits per heavy atom. The highest BCUT2D eigenvalue weighted by atomic mass is 32.2. The molecule has 8 heteroatoms. The molecule has 6 atom stereocenters. The van der Waals surface area contributed by atoms with Crippen LogP contribution < -0.4 is 5.73 Å². The van der Waals surface area contributed by atoms with Crippen molar-refractivity contribution < 1.29 is 24.5 Å². The van der Waals surface area contributed by atoms with Gasteiger partial charge in [-0.1, -0.05) is 6.92 Å². The van der Waals surface area contributed by atoms with Crippen LogP contribution in [0.5, 0.6) is 0 Å². The number of carbonyl (C=O) groups excluding carboxylic acids is 1. The molecule has 7 nitrogen and oxygen atoms in total. The Bertz CT molecular complexity index is 549. The van der Waals surface area contributed by atoms with Crippen LogP contribution in [-0.4, -0.2) is 57.2 Å². The van der Waals surface area contributed by atoms with E-state index in [9.17, 15) is 19.8 Å². The Morgan fingerprint density at radius 1 is 1.55 bits per heavy atom. The summed E-state index contributed by atoms with van der Waals surface area (Å²) in [5.41, 5.74) is 5.77. The van der Waals surface area contributed by atoms with Crippen molar-refractivity contribution in [2.75, 3.05) is 6.61 Å². The third-order valence-electron chi connectivity index (χ3n) is 4.60. The summed E-state index contributed by atoms with van der Waals surface area (Å²) < 4.78 is 5.32. The number of carboxylic acid groups (broad SMARTS) is 1. The average Bonchev–Trinajstić information content (AvgIpc) is 2.92. The maximum absolute atomic E-state index is 12.2. The van der Waals surface area contributed by atoms with Crippen LogP contribution in [0.1, 0.15) is 20.3 Å². The number of fused-ring (bicyclic) bond motifs is 1. The van der Waals surface area contributed by atoms with Gasteiger partial charge in [0.25, 0.3) is 0 Å². The van der Waals surface area contributed by atoms with Crippen molar-refractivity contribution in [1.29, 1.82) is 0 Å². The van der Waals surface area contributed by atoms with Crippen LogP contribution in [0.3, 0.4) is 0 Å². The molecule has 0 aromatic carbocycles. The molecule has 0 aliphatic carbocycles. The zero-order valence-electron chi connectivity index (χ0n) is 12.4. The first-order valence-corrected chi connectivity index (χ1v) is 8.23. The topological polar surface area (TPSA) is 113 Å². The number of aliphatic carboxylic acids is 1. The summed E-state index contributed by atoms with van der Waals surface area (Å²) in [5.74, 6) is -2.04. The number of aliphatic hydroxyl groups excluding tert-OH is 1. The molecule has 1 amide bonds. The zero-order chi connectivity index (χ0) is 16.2. The monoisotopic (exact) mass is 328 g/mol. The second kappa shape index (κ2) is 5.52. The lowest BCUT2D eigenvalue weighted by molar-refractivity contribution is -0.163. The summed E-state index contributed by atoms with van der Waals surface area (Å²) >= 11 is 1.44. The maximum Gasteiger partial charge on any atom is 0.353 e. The summed E-state index contributed by atoms with van der Waals surface area (Å²) in [6.07, 6.45) is -0.433.